The van der Waals surface area contributed by atoms with Crippen LogP contribution in [-0.4, -0.2) is 14.3 Å². The van der Waals surface area contributed by atoms with Crippen LogP contribution in [0.5, 0.6) is 0 Å². The molecule has 31 heavy (non-hydrogen) atoms. The first-order valence-electron chi connectivity index (χ1n) is 9.51. The van der Waals surface area contributed by atoms with Crippen LogP contribution in [0.15, 0.2) is 89.8 Å². The Kier molecular flexibility index (Phi) is 5.67. The van der Waals surface area contributed by atoms with Crippen molar-refractivity contribution in [1.29, 1.82) is 0 Å². The van der Waals surface area contributed by atoms with Crippen LogP contribution in [0, 0.1) is 6.92 Å². The van der Waals surface area contributed by atoms with Gasteiger partial charge in [-0.25, -0.2) is 8.42 Å². The number of sulfonamides is 1. The van der Waals surface area contributed by atoms with E-state index in [4.69, 9.17) is 11.6 Å². The first-order valence-corrected chi connectivity index (χ1v) is 11.4. The van der Waals surface area contributed by atoms with Gasteiger partial charge in [0.05, 0.1) is 15.6 Å². The predicted octanol–water partition coefficient (Wildman–Crippen LogP) is 5.85. The van der Waals surface area contributed by atoms with Crippen molar-refractivity contribution in [3.63, 3.8) is 0 Å². The minimum atomic E-state index is -3.79. The van der Waals surface area contributed by atoms with E-state index in [2.05, 4.69) is 10.0 Å². The third-order valence-corrected chi connectivity index (χ3v) is 6.51. The molecule has 0 aliphatic heterocycles. The third-order valence-electron chi connectivity index (χ3n) is 4.81. The average molecular weight is 451 g/mol. The molecule has 0 bridgehead atoms. The maximum absolute atomic E-state index is 12.6. The van der Waals surface area contributed by atoms with Crippen LogP contribution in [-0.2, 0) is 10.0 Å². The number of anilines is 2. The van der Waals surface area contributed by atoms with Gasteiger partial charge >= 0.3 is 0 Å². The molecular formula is C24H19ClN2O3S. The van der Waals surface area contributed by atoms with Gasteiger partial charge in [-0.1, -0.05) is 59.6 Å². The van der Waals surface area contributed by atoms with Crippen molar-refractivity contribution in [2.45, 2.75) is 11.8 Å². The SMILES string of the molecule is Cc1ccc(S(=O)(=O)Nc2ccc(C(=O)Nc3ccc4ccccc4c3)cc2Cl)cc1. The van der Waals surface area contributed by atoms with E-state index in [1.165, 1.54) is 30.3 Å². The number of fused-ring (bicyclic) bond motifs is 1. The number of hydrogen-bond donors (Lipinski definition) is 2. The number of aryl methyl sites for hydroxylation is 1. The highest BCUT2D eigenvalue weighted by Gasteiger charge is 2.17. The average Bonchev–Trinajstić information content (AvgIpc) is 2.75. The Morgan fingerprint density at radius 1 is 0.839 bits per heavy atom. The Morgan fingerprint density at radius 3 is 2.26 bits per heavy atom. The molecule has 0 aliphatic carbocycles. The zero-order valence-corrected chi connectivity index (χ0v) is 18.2. The van der Waals surface area contributed by atoms with Crippen LogP contribution in [0.1, 0.15) is 15.9 Å². The molecule has 0 saturated heterocycles. The molecule has 0 aliphatic rings. The Labute approximate surface area is 185 Å². The molecule has 7 heteroatoms. The Hall–Kier alpha value is -3.35. The van der Waals surface area contributed by atoms with Crippen LogP contribution in [0.3, 0.4) is 0 Å². The molecule has 0 heterocycles. The van der Waals surface area contributed by atoms with Gasteiger partial charge < -0.3 is 5.32 Å². The highest BCUT2D eigenvalue weighted by Crippen LogP contribution is 2.27. The zero-order valence-electron chi connectivity index (χ0n) is 16.6. The summed E-state index contributed by atoms with van der Waals surface area (Å²) in [6, 6.07) is 24.4. The van der Waals surface area contributed by atoms with Gasteiger partial charge in [0.15, 0.2) is 0 Å². The summed E-state index contributed by atoms with van der Waals surface area (Å²) in [6.07, 6.45) is 0. The molecule has 2 N–H and O–H groups in total. The number of halogens is 1. The van der Waals surface area contributed by atoms with Crippen LogP contribution >= 0.6 is 11.6 Å². The number of carbonyl (C=O) groups excluding carboxylic acids is 1. The van der Waals surface area contributed by atoms with Crippen molar-refractivity contribution in [3.05, 3.63) is 101 Å². The molecule has 0 fully saturated rings. The summed E-state index contributed by atoms with van der Waals surface area (Å²) in [5.74, 6) is -0.342. The van der Waals surface area contributed by atoms with Crippen molar-refractivity contribution in [2.24, 2.45) is 0 Å². The number of nitrogens with one attached hydrogen (secondary N) is 2. The van der Waals surface area contributed by atoms with Gasteiger partial charge in [0.1, 0.15) is 0 Å². The number of carbonyl (C=O) groups is 1. The number of hydrogen-bond acceptors (Lipinski definition) is 3. The van der Waals surface area contributed by atoms with Crippen LogP contribution in [0.4, 0.5) is 11.4 Å². The molecule has 0 radical (unpaired) electrons. The molecule has 4 rings (SSSR count). The minimum Gasteiger partial charge on any atom is -0.322 e. The van der Waals surface area contributed by atoms with Crippen molar-refractivity contribution in [3.8, 4) is 0 Å². The van der Waals surface area contributed by atoms with Gasteiger partial charge in [0, 0.05) is 11.3 Å². The second kappa shape index (κ2) is 8.41. The van der Waals surface area contributed by atoms with Crippen molar-refractivity contribution < 1.29 is 13.2 Å². The van der Waals surface area contributed by atoms with E-state index < -0.39 is 10.0 Å². The second-order valence-electron chi connectivity index (χ2n) is 7.13. The zero-order chi connectivity index (χ0) is 22.0. The maximum atomic E-state index is 12.6. The molecule has 0 aromatic heterocycles. The van der Waals surface area contributed by atoms with E-state index in [-0.39, 0.29) is 21.5 Å². The Balaban J connectivity index is 1.52. The molecule has 5 nitrogen and oxygen atoms in total. The van der Waals surface area contributed by atoms with Crippen LogP contribution in [0.2, 0.25) is 5.02 Å². The molecule has 1 amide bonds. The molecule has 0 saturated carbocycles. The summed E-state index contributed by atoms with van der Waals surface area (Å²) >= 11 is 6.27. The lowest BCUT2D eigenvalue weighted by Gasteiger charge is -2.12. The summed E-state index contributed by atoms with van der Waals surface area (Å²) in [5, 5.41) is 5.06. The van der Waals surface area contributed by atoms with Gasteiger partial charge in [-0.15, -0.1) is 0 Å². The fourth-order valence-electron chi connectivity index (χ4n) is 3.13. The Bertz CT molecular complexity index is 1380. The monoisotopic (exact) mass is 450 g/mol. The fourth-order valence-corrected chi connectivity index (χ4v) is 4.49. The largest absolute Gasteiger partial charge is 0.322 e. The van der Waals surface area contributed by atoms with E-state index in [0.29, 0.717) is 11.3 Å². The van der Waals surface area contributed by atoms with E-state index >= 15 is 0 Å². The first-order chi connectivity index (χ1) is 14.8. The molecule has 0 spiro atoms. The minimum absolute atomic E-state index is 0.127. The molecule has 0 atom stereocenters. The van der Waals surface area contributed by atoms with Gasteiger partial charge in [0.25, 0.3) is 15.9 Å². The van der Waals surface area contributed by atoms with Crippen molar-refractivity contribution in [2.75, 3.05) is 10.0 Å². The van der Waals surface area contributed by atoms with E-state index in [1.807, 2.05) is 49.4 Å². The number of amides is 1. The smallest absolute Gasteiger partial charge is 0.261 e. The van der Waals surface area contributed by atoms with Gasteiger partial charge in [-0.3, -0.25) is 9.52 Å². The van der Waals surface area contributed by atoms with Crippen molar-refractivity contribution in [1.82, 2.24) is 0 Å². The molecule has 4 aromatic rings. The quantitative estimate of drug-likeness (QED) is 0.400. The topological polar surface area (TPSA) is 75.3 Å². The molecule has 4 aromatic carbocycles. The highest BCUT2D eigenvalue weighted by atomic mass is 35.5. The lowest BCUT2D eigenvalue weighted by Crippen LogP contribution is -2.15. The number of benzene rings is 4. The summed E-state index contributed by atoms with van der Waals surface area (Å²) in [5.41, 5.74) is 2.13. The van der Waals surface area contributed by atoms with Crippen LogP contribution < -0.4 is 10.0 Å². The van der Waals surface area contributed by atoms with E-state index in [1.54, 1.807) is 12.1 Å². The summed E-state index contributed by atoms with van der Waals surface area (Å²) in [7, 11) is -3.79. The normalized spacial score (nSPS) is 11.3. The van der Waals surface area contributed by atoms with E-state index in [0.717, 1.165) is 16.3 Å². The first kappa shape index (κ1) is 20.9. The summed E-state index contributed by atoms with van der Waals surface area (Å²) in [6.45, 7) is 1.88. The highest BCUT2D eigenvalue weighted by molar-refractivity contribution is 7.92. The summed E-state index contributed by atoms with van der Waals surface area (Å²) in [4.78, 5) is 12.8. The third kappa shape index (κ3) is 4.71. The van der Waals surface area contributed by atoms with E-state index in [9.17, 15) is 13.2 Å². The molecule has 156 valence electrons. The van der Waals surface area contributed by atoms with Gasteiger partial charge in [-0.05, 0) is 60.2 Å². The number of rotatable bonds is 5. The summed E-state index contributed by atoms with van der Waals surface area (Å²) < 4.78 is 27.6. The fraction of sp³-hybridized carbons (Fsp3) is 0.0417. The Morgan fingerprint density at radius 2 is 1.55 bits per heavy atom. The van der Waals surface area contributed by atoms with Crippen LogP contribution in [0.25, 0.3) is 10.8 Å². The predicted molar refractivity (Wildman–Crippen MR) is 125 cm³/mol. The molecular weight excluding hydrogens is 432 g/mol. The van der Waals surface area contributed by atoms with Crippen molar-refractivity contribution >= 4 is 49.7 Å². The standard InChI is InChI=1S/C24H19ClN2O3S/c1-16-6-11-21(12-7-16)31(29,30)27-23-13-9-19(15-22(23)25)24(28)26-20-10-8-17-4-2-3-5-18(17)14-20/h2-15,27H,1H3,(H,26,28). The van der Waals surface area contributed by atoms with Gasteiger partial charge in [0.2, 0.25) is 0 Å². The maximum Gasteiger partial charge on any atom is 0.261 e. The lowest BCUT2D eigenvalue weighted by atomic mass is 10.1. The molecule has 0 unspecified atom stereocenters. The lowest BCUT2D eigenvalue weighted by molar-refractivity contribution is 0.102. The second-order valence-corrected chi connectivity index (χ2v) is 9.22. The van der Waals surface area contributed by atoms with Gasteiger partial charge in [-0.2, -0.15) is 0 Å².